The molecule has 0 bridgehead atoms. The van der Waals surface area contributed by atoms with Crippen LogP contribution in [0.5, 0.6) is 0 Å². The monoisotopic (exact) mass is 804 g/mol. The number of rotatable bonds is 8. The molecule has 0 saturated carbocycles. The van der Waals surface area contributed by atoms with E-state index in [1.165, 1.54) is 11.1 Å². The van der Waals surface area contributed by atoms with Crippen LogP contribution < -0.4 is 0 Å². The van der Waals surface area contributed by atoms with Gasteiger partial charge in [-0.05, 0) is 104 Å². The van der Waals surface area contributed by atoms with Gasteiger partial charge >= 0.3 is 0 Å². The molecule has 0 unspecified atom stereocenters. The second kappa shape index (κ2) is 16.0. The van der Waals surface area contributed by atoms with Crippen molar-refractivity contribution < 1.29 is 4.42 Å². The lowest BCUT2D eigenvalue weighted by Crippen LogP contribution is -2.01. The summed E-state index contributed by atoms with van der Waals surface area (Å²) in [5, 5.41) is 12.0. The fourth-order valence-electron chi connectivity index (χ4n) is 8.45. The highest BCUT2D eigenvalue weighted by molar-refractivity contribution is 6.13. The van der Waals surface area contributed by atoms with Crippen molar-refractivity contribution >= 4 is 21.9 Å². The molecule has 11 aromatic rings. The average Bonchev–Trinajstić information content (AvgIpc) is 3.75. The Morgan fingerprint density at radius 3 is 1.41 bits per heavy atom. The maximum atomic E-state index is 9.95. The van der Waals surface area contributed by atoms with Crippen molar-refractivity contribution in [1.29, 1.82) is 5.26 Å². The highest BCUT2D eigenvalue weighted by Crippen LogP contribution is 2.40. The highest BCUT2D eigenvalue weighted by atomic mass is 16.3. The Labute approximate surface area is 364 Å². The van der Waals surface area contributed by atoms with E-state index in [4.69, 9.17) is 19.4 Å². The number of fused-ring (bicyclic) bond motifs is 3. The van der Waals surface area contributed by atoms with Crippen molar-refractivity contribution in [2.24, 2.45) is 0 Å². The lowest BCUT2D eigenvalue weighted by atomic mass is 9.95. The molecule has 0 N–H and O–H groups in total. The van der Waals surface area contributed by atoms with Crippen LogP contribution in [0.2, 0.25) is 0 Å². The molecule has 0 aliphatic heterocycles. The predicted octanol–water partition coefficient (Wildman–Crippen LogP) is 15.0. The summed E-state index contributed by atoms with van der Waals surface area (Å²) in [5.74, 6) is 1.57. The maximum Gasteiger partial charge on any atom is 0.164 e. The first-order valence-electron chi connectivity index (χ1n) is 20.9. The Kier molecular flexibility index (Phi) is 9.50. The Morgan fingerprint density at radius 1 is 0.317 bits per heavy atom. The fourth-order valence-corrected chi connectivity index (χ4v) is 8.45. The van der Waals surface area contributed by atoms with Gasteiger partial charge in [0.25, 0.3) is 0 Å². The van der Waals surface area contributed by atoms with E-state index < -0.39 is 0 Å². The first-order chi connectivity index (χ1) is 31.1. The van der Waals surface area contributed by atoms with Gasteiger partial charge in [0, 0.05) is 27.5 Å². The van der Waals surface area contributed by atoms with Crippen LogP contribution in [0.1, 0.15) is 5.56 Å². The standard InChI is InChI=1S/C58H36N4O/c59-37-46-20-10-11-23-50(46)43-21-12-22-44(32-43)56-60-57(62-58(61-56)49-34-47(39-16-6-2-7-17-39)33-48(35-49)40-18-8-3-9-19-40)45-30-31-52-54(36-45)63-53-25-13-24-51(55(52)53)42-28-26-41(27-29-42)38-14-4-1-5-15-38/h1-36H. The fraction of sp³-hybridized carbons (Fsp3) is 0. The number of hydrogen-bond acceptors (Lipinski definition) is 5. The van der Waals surface area contributed by atoms with E-state index >= 15 is 0 Å². The molecular weight excluding hydrogens is 769 g/mol. The second-order valence-electron chi connectivity index (χ2n) is 15.5. The minimum Gasteiger partial charge on any atom is -0.456 e. The molecule has 0 aliphatic carbocycles. The third kappa shape index (κ3) is 7.22. The molecule has 0 atom stereocenters. The van der Waals surface area contributed by atoms with Gasteiger partial charge < -0.3 is 4.42 Å². The number of aromatic nitrogens is 3. The zero-order chi connectivity index (χ0) is 42.1. The molecule has 0 spiro atoms. The quantitative estimate of drug-likeness (QED) is 0.153. The topological polar surface area (TPSA) is 75.6 Å². The molecule has 2 heterocycles. The van der Waals surface area contributed by atoms with Crippen molar-refractivity contribution in [2.45, 2.75) is 0 Å². The Bertz CT molecular complexity index is 3440. The first kappa shape index (κ1) is 37.3. The van der Waals surface area contributed by atoms with E-state index in [0.717, 1.165) is 83.1 Å². The van der Waals surface area contributed by atoms with Crippen LogP contribution in [0, 0.1) is 11.3 Å². The number of hydrogen-bond donors (Lipinski definition) is 0. The maximum absolute atomic E-state index is 9.95. The van der Waals surface area contributed by atoms with Crippen LogP contribution in [0.15, 0.2) is 223 Å². The van der Waals surface area contributed by atoms with Crippen molar-refractivity contribution in [2.75, 3.05) is 0 Å². The number of furan rings is 1. The smallest absolute Gasteiger partial charge is 0.164 e. The van der Waals surface area contributed by atoms with Gasteiger partial charge in [0.15, 0.2) is 17.5 Å². The minimum absolute atomic E-state index is 0.517. The normalized spacial score (nSPS) is 11.2. The highest BCUT2D eigenvalue weighted by Gasteiger charge is 2.19. The van der Waals surface area contributed by atoms with Gasteiger partial charge in [-0.25, -0.2) is 15.0 Å². The lowest BCUT2D eigenvalue weighted by molar-refractivity contribution is 0.669. The first-order valence-corrected chi connectivity index (χ1v) is 20.9. The van der Waals surface area contributed by atoms with E-state index in [1.807, 2.05) is 84.9 Å². The predicted molar refractivity (Wildman–Crippen MR) is 255 cm³/mol. The van der Waals surface area contributed by atoms with Gasteiger partial charge in [0.2, 0.25) is 0 Å². The summed E-state index contributed by atoms with van der Waals surface area (Å²) < 4.78 is 6.62. The zero-order valence-corrected chi connectivity index (χ0v) is 34.0. The van der Waals surface area contributed by atoms with Crippen LogP contribution in [0.4, 0.5) is 0 Å². The Hall–Kier alpha value is -8.72. The molecule has 0 saturated heterocycles. The number of nitrogens with zero attached hydrogens (tertiary/aromatic N) is 4. The minimum atomic E-state index is 0.517. The molecule has 5 nitrogen and oxygen atoms in total. The van der Waals surface area contributed by atoms with Gasteiger partial charge in [-0.1, -0.05) is 170 Å². The molecule has 9 aromatic carbocycles. The SMILES string of the molecule is N#Cc1ccccc1-c1cccc(-c2nc(-c3cc(-c4ccccc4)cc(-c4ccccc4)c3)nc(-c3ccc4c(c3)oc3cccc(-c5ccc(-c6ccccc6)cc5)c34)n2)c1. The average molecular weight is 805 g/mol. The van der Waals surface area contributed by atoms with Crippen molar-refractivity contribution in [3.63, 3.8) is 0 Å². The molecule has 294 valence electrons. The molecule has 0 aliphatic rings. The van der Waals surface area contributed by atoms with Gasteiger partial charge in [-0.2, -0.15) is 5.26 Å². The van der Waals surface area contributed by atoms with Crippen LogP contribution in [-0.4, -0.2) is 15.0 Å². The number of nitriles is 1. The summed E-state index contributed by atoms with van der Waals surface area (Å²) in [4.78, 5) is 15.6. The van der Waals surface area contributed by atoms with E-state index in [-0.39, 0.29) is 0 Å². The lowest BCUT2D eigenvalue weighted by Gasteiger charge is -2.13. The number of benzene rings is 9. The molecule has 0 fully saturated rings. The van der Waals surface area contributed by atoms with Gasteiger partial charge in [0.05, 0.1) is 11.6 Å². The van der Waals surface area contributed by atoms with Gasteiger partial charge in [0.1, 0.15) is 11.2 Å². The summed E-state index contributed by atoms with van der Waals surface area (Å²) in [7, 11) is 0. The van der Waals surface area contributed by atoms with E-state index in [9.17, 15) is 5.26 Å². The van der Waals surface area contributed by atoms with E-state index in [0.29, 0.717) is 23.0 Å². The third-order valence-corrected chi connectivity index (χ3v) is 11.6. The molecule has 0 radical (unpaired) electrons. The van der Waals surface area contributed by atoms with E-state index in [2.05, 4.69) is 140 Å². The van der Waals surface area contributed by atoms with Crippen molar-refractivity contribution in [3.05, 3.63) is 224 Å². The van der Waals surface area contributed by atoms with Crippen LogP contribution in [0.3, 0.4) is 0 Å². The summed E-state index contributed by atoms with van der Waals surface area (Å²) in [6.07, 6.45) is 0. The van der Waals surface area contributed by atoms with Crippen LogP contribution in [0.25, 0.3) is 112 Å². The van der Waals surface area contributed by atoms with Crippen LogP contribution >= 0.6 is 0 Å². The van der Waals surface area contributed by atoms with Crippen LogP contribution in [-0.2, 0) is 0 Å². The Balaban J connectivity index is 1.07. The summed E-state index contributed by atoms with van der Waals surface area (Å²) in [5.41, 5.74) is 15.2. The van der Waals surface area contributed by atoms with Crippen molar-refractivity contribution in [1.82, 2.24) is 15.0 Å². The third-order valence-electron chi connectivity index (χ3n) is 11.6. The molecule has 5 heteroatoms. The Morgan fingerprint density at radius 2 is 0.762 bits per heavy atom. The molecular formula is C58H36N4O. The summed E-state index contributed by atoms with van der Waals surface area (Å²) >= 11 is 0. The molecule has 11 rings (SSSR count). The summed E-state index contributed by atoms with van der Waals surface area (Å²) in [6, 6.07) is 76.9. The molecule has 0 amide bonds. The zero-order valence-electron chi connectivity index (χ0n) is 34.0. The van der Waals surface area contributed by atoms with Gasteiger partial charge in [-0.3, -0.25) is 0 Å². The molecule has 2 aromatic heterocycles. The largest absolute Gasteiger partial charge is 0.456 e. The van der Waals surface area contributed by atoms with E-state index in [1.54, 1.807) is 0 Å². The van der Waals surface area contributed by atoms with Crippen molar-refractivity contribution in [3.8, 4) is 95.9 Å². The summed E-state index contributed by atoms with van der Waals surface area (Å²) in [6.45, 7) is 0. The molecule has 63 heavy (non-hydrogen) atoms. The van der Waals surface area contributed by atoms with Gasteiger partial charge in [-0.15, -0.1) is 0 Å². The second-order valence-corrected chi connectivity index (χ2v) is 15.5.